The molecule has 2 aromatic rings. The molecule has 4 heteroatoms. The van der Waals surface area contributed by atoms with Crippen molar-refractivity contribution in [3.8, 4) is 0 Å². The SMILES string of the molecule is CCC(C)NC(NC)C(CCCCCc1ccccc1)(c1ccccc1)C(C)C.Cl.Cl. The van der Waals surface area contributed by atoms with Gasteiger partial charge in [0.05, 0.1) is 6.17 Å². The van der Waals surface area contributed by atoms with Crippen molar-refractivity contribution < 1.29 is 0 Å². The van der Waals surface area contributed by atoms with Gasteiger partial charge in [-0.3, -0.25) is 5.32 Å². The molecule has 0 saturated heterocycles. The Kier molecular flexibility index (Phi) is 15.2. The van der Waals surface area contributed by atoms with Gasteiger partial charge in [0.25, 0.3) is 0 Å². The fourth-order valence-corrected chi connectivity index (χ4v) is 4.62. The highest BCUT2D eigenvalue weighted by Gasteiger charge is 2.42. The van der Waals surface area contributed by atoms with E-state index in [1.807, 2.05) is 0 Å². The van der Waals surface area contributed by atoms with Crippen LogP contribution in [0.3, 0.4) is 0 Å². The van der Waals surface area contributed by atoms with E-state index in [1.165, 1.54) is 43.2 Å². The van der Waals surface area contributed by atoms with Gasteiger partial charge in [0, 0.05) is 11.5 Å². The number of benzene rings is 2. The molecule has 2 nitrogen and oxygen atoms in total. The quantitative estimate of drug-likeness (QED) is 0.241. The Morgan fingerprint density at radius 3 is 1.90 bits per heavy atom. The highest BCUT2D eigenvalue weighted by molar-refractivity contribution is 5.85. The fraction of sp³-hybridized carbons (Fsp3) is 0.556. The first kappa shape index (κ1) is 29.9. The molecular weight excluding hydrogens is 423 g/mol. The number of hydrogen-bond acceptors (Lipinski definition) is 2. The summed E-state index contributed by atoms with van der Waals surface area (Å²) >= 11 is 0. The number of nitrogens with one attached hydrogen (secondary N) is 2. The zero-order chi connectivity index (χ0) is 21.1. The summed E-state index contributed by atoms with van der Waals surface area (Å²) in [7, 11) is 2.11. The molecule has 0 aromatic heterocycles. The molecule has 0 saturated carbocycles. The minimum absolute atomic E-state index is 0. The minimum atomic E-state index is 0. The van der Waals surface area contributed by atoms with Crippen LogP contribution >= 0.6 is 24.8 Å². The molecule has 0 radical (unpaired) electrons. The van der Waals surface area contributed by atoms with Gasteiger partial charge in [0.2, 0.25) is 0 Å². The van der Waals surface area contributed by atoms with Crippen molar-refractivity contribution in [2.75, 3.05) is 7.05 Å². The second-order valence-electron chi connectivity index (χ2n) is 8.81. The van der Waals surface area contributed by atoms with Crippen LogP contribution in [0.2, 0.25) is 0 Å². The van der Waals surface area contributed by atoms with Gasteiger partial charge >= 0.3 is 0 Å². The normalized spacial score (nSPS) is 14.8. The average Bonchev–Trinajstić information content (AvgIpc) is 2.76. The molecule has 2 aromatic carbocycles. The van der Waals surface area contributed by atoms with Gasteiger partial charge in [0.1, 0.15) is 0 Å². The third-order valence-corrected chi connectivity index (χ3v) is 6.61. The molecule has 0 bridgehead atoms. The second-order valence-corrected chi connectivity index (χ2v) is 8.81. The number of unbranched alkanes of at least 4 members (excludes halogenated alkanes) is 2. The van der Waals surface area contributed by atoms with Crippen LogP contribution in [0, 0.1) is 5.92 Å². The number of aryl methyl sites for hydroxylation is 1. The van der Waals surface area contributed by atoms with Crippen molar-refractivity contribution in [1.29, 1.82) is 0 Å². The highest BCUT2D eigenvalue weighted by Crippen LogP contribution is 2.40. The summed E-state index contributed by atoms with van der Waals surface area (Å²) in [6, 6.07) is 22.5. The van der Waals surface area contributed by atoms with Crippen LogP contribution in [-0.4, -0.2) is 19.3 Å². The first-order chi connectivity index (χ1) is 14.0. The first-order valence-corrected chi connectivity index (χ1v) is 11.6. The predicted molar refractivity (Wildman–Crippen MR) is 142 cm³/mol. The van der Waals surface area contributed by atoms with E-state index in [2.05, 4.69) is 106 Å². The second kappa shape index (κ2) is 15.7. The van der Waals surface area contributed by atoms with Crippen LogP contribution in [0.1, 0.15) is 70.9 Å². The van der Waals surface area contributed by atoms with E-state index < -0.39 is 0 Å². The van der Waals surface area contributed by atoms with Crippen molar-refractivity contribution in [1.82, 2.24) is 10.6 Å². The van der Waals surface area contributed by atoms with Crippen LogP contribution in [0.5, 0.6) is 0 Å². The zero-order valence-electron chi connectivity index (χ0n) is 20.1. The Morgan fingerprint density at radius 2 is 1.39 bits per heavy atom. The average molecular weight is 468 g/mol. The number of likely N-dealkylation sites (N-methyl/N-ethyl adjacent to an activating group) is 1. The molecule has 2 N–H and O–H groups in total. The molecule has 0 aliphatic carbocycles. The maximum atomic E-state index is 3.89. The van der Waals surface area contributed by atoms with Crippen LogP contribution in [0.4, 0.5) is 0 Å². The standard InChI is InChI=1S/C27H42N2.2ClH/c1-6-23(4)29-26(28-5)27(22(2)3,25-19-13-8-14-20-25)21-15-9-12-18-24-16-10-7-11-17-24;;/h7-8,10-11,13-14,16-17,19-20,22-23,26,28-29H,6,9,12,15,18,21H2,1-5H3;2*1H. The smallest absolute Gasteiger partial charge is 0.0673 e. The first-order valence-electron chi connectivity index (χ1n) is 11.6. The summed E-state index contributed by atoms with van der Waals surface area (Å²) in [5.41, 5.74) is 2.98. The molecule has 31 heavy (non-hydrogen) atoms. The maximum absolute atomic E-state index is 3.89. The van der Waals surface area contributed by atoms with Crippen LogP contribution in [-0.2, 0) is 11.8 Å². The van der Waals surface area contributed by atoms with E-state index >= 15 is 0 Å². The van der Waals surface area contributed by atoms with Crippen molar-refractivity contribution in [2.45, 2.75) is 83.8 Å². The molecule has 3 unspecified atom stereocenters. The van der Waals surface area contributed by atoms with Crippen LogP contribution < -0.4 is 10.6 Å². The summed E-state index contributed by atoms with van der Waals surface area (Å²) in [5, 5.41) is 7.54. The molecule has 0 fully saturated rings. The summed E-state index contributed by atoms with van der Waals surface area (Å²) in [5.74, 6) is 0.535. The Bertz CT molecular complexity index is 678. The van der Waals surface area contributed by atoms with Gasteiger partial charge in [0.15, 0.2) is 0 Å². The van der Waals surface area contributed by atoms with Gasteiger partial charge in [-0.1, -0.05) is 94.3 Å². The fourth-order valence-electron chi connectivity index (χ4n) is 4.62. The van der Waals surface area contributed by atoms with Gasteiger partial charge in [-0.25, -0.2) is 0 Å². The van der Waals surface area contributed by atoms with Gasteiger partial charge in [-0.05, 0) is 56.7 Å². The van der Waals surface area contributed by atoms with Gasteiger partial charge in [-0.2, -0.15) is 0 Å². The molecule has 0 amide bonds. The Hall–Kier alpha value is -1.06. The number of hydrogen-bond donors (Lipinski definition) is 2. The van der Waals surface area contributed by atoms with Crippen molar-refractivity contribution in [3.05, 3.63) is 71.8 Å². The molecule has 176 valence electrons. The lowest BCUT2D eigenvalue weighted by Gasteiger charge is -2.46. The lowest BCUT2D eigenvalue weighted by molar-refractivity contribution is 0.161. The summed E-state index contributed by atoms with van der Waals surface area (Å²) in [6.07, 6.45) is 7.55. The van der Waals surface area contributed by atoms with Gasteiger partial charge in [-0.15, -0.1) is 24.8 Å². The number of rotatable bonds is 13. The van der Waals surface area contributed by atoms with Crippen LogP contribution in [0.25, 0.3) is 0 Å². The van der Waals surface area contributed by atoms with E-state index in [-0.39, 0.29) is 36.4 Å². The lowest BCUT2D eigenvalue weighted by atomic mass is 9.65. The molecular formula is C27H44Cl2N2. The maximum Gasteiger partial charge on any atom is 0.0673 e. The van der Waals surface area contributed by atoms with E-state index in [0.717, 1.165) is 6.42 Å². The molecule has 2 rings (SSSR count). The third kappa shape index (κ3) is 8.42. The Balaban J connectivity index is 0.00000450. The Labute approximate surface area is 203 Å². The molecule has 0 heterocycles. The largest absolute Gasteiger partial charge is 0.304 e. The van der Waals surface area contributed by atoms with Crippen molar-refractivity contribution in [2.24, 2.45) is 5.92 Å². The van der Waals surface area contributed by atoms with Gasteiger partial charge < -0.3 is 5.32 Å². The highest BCUT2D eigenvalue weighted by atomic mass is 35.5. The molecule has 0 aliphatic heterocycles. The minimum Gasteiger partial charge on any atom is -0.304 e. The summed E-state index contributed by atoms with van der Waals surface area (Å²) < 4.78 is 0. The summed E-state index contributed by atoms with van der Waals surface area (Å²) in [4.78, 5) is 0. The van der Waals surface area contributed by atoms with Crippen LogP contribution in [0.15, 0.2) is 60.7 Å². The lowest BCUT2D eigenvalue weighted by Crippen LogP contribution is -2.60. The molecule has 0 aliphatic rings. The molecule has 0 spiro atoms. The predicted octanol–water partition coefficient (Wildman–Crippen LogP) is 7.16. The zero-order valence-corrected chi connectivity index (χ0v) is 21.7. The number of halogens is 2. The van der Waals surface area contributed by atoms with E-state index in [9.17, 15) is 0 Å². The van der Waals surface area contributed by atoms with Crippen molar-refractivity contribution in [3.63, 3.8) is 0 Å². The Morgan fingerprint density at radius 1 is 0.806 bits per heavy atom. The van der Waals surface area contributed by atoms with E-state index in [0.29, 0.717) is 12.0 Å². The topological polar surface area (TPSA) is 24.1 Å². The summed E-state index contributed by atoms with van der Waals surface area (Å²) in [6.45, 7) is 9.33. The van der Waals surface area contributed by atoms with Crippen molar-refractivity contribution >= 4 is 24.8 Å². The van der Waals surface area contributed by atoms with E-state index in [4.69, 9.17) is 0 Å². The van der Waals surface area contributed by atoms with E-state index in [1.54, 1.807) is 0 Å². The molecule has 3 atom stereocenters. The monoisotopic (exact) mass is 466 g/mol. The third-order valence-electron chi connectivity index (χ3n) is 6.61.